The zero-order chi connectivity index (χ0) is 18.4. The maximum absolute atomic E-state index is 13.4. The number of nitrogens with one attached hydrogen (secondary N) is 2. The molecular weight excluding hydrogens is 349 g/mol. The van der Waals surface area contributed by atoms with E-state index in [0.717, 1.165) is 0 Å². The van der Waals surface area contributed by atoms with Crippen molar-refractivity contribution in [2.75, 3.05) is 11.9 Å². The summed E-state index contributed by atoms with van der Waals surface area (Å²) >= 11 is 0. The molecule has 0 saturated carbocycles. The smallest absolute Gasteiger partial charge is 0.276 e. The molecule has 7 nitrogen and oxygen atoms in total. The molecule has 9 heteroatoms. The van der Waals surface area contributed by atoms with Gasteiger partial charge in [0.2, 0.25) is 10.0 Å². The number of aromatic nitrogens is 1. The Morgan fingerprint density at radius 2 is 2.16 bits per heavy atom. The zero-order valence-corrected chi connectivity index (χ0v) is 14.8. The van der Waals surface area contributed by atoms with Gasteiger partial charge >= 0.3 is 0 Å². The van der Waals surface area contributed by atoms with Crippen molar-refractivity contribution in [2.45, 2.75) is 24.8 Å². The lowest BCUT2D eigenvalue weighted by Gasteiger charge is -2.11. The topological polar surface area (TPSA) is 89.4 Å². The van der Waals surface area contributed by atoms with Crippen LogP contribution in [0.3, 0.4) is 0 Å². The Morgan fingerprint density at radius 1 is 1.44 bits per heavy atom. The lowest BCUT2D eigenvalue weighted by molar-refractivity contribution is 0.101. The average Bonchev–Trinajstić information content (AvgIpc) is 2.81. The van der Waals surface area contributed by atoms with Gasteiger partial charge in [0.1, 0.15) is 17.3 Å². The van der Waals surface area contributed by atoms with Gasteiger partial charge in [-0.15, -0.1) is 0 Å². The Bertz CT molecular complexity index is 953. The maximum atomic E-state index is 13.4. The highest BCUT2D eigenvalue weighted by Gasteiger charge is 2.33. The molecule has 2 N–H and O–H groups in total. The van der Waals surface area contributed by atoms with Crippen LogP contribution in [0, 0.1) is 12.7 Å². The van der Waals surface area contributed by atoms with E-state index in [4.69, 9.17) is 4.74 Å². The molecule has 0 radical (unpaired) electrons. The first kappa shape index (κ1) is 17.4. The number of carbonyl (C=O) groups is 1. The van der Waals surface area contributed by atoms with E-state index in [1.807, 2.05) is 0 Å². The SMILES string of the molecule is Cc1cc(NC(=O)c2c3c(cn2C)S(=O)(=O)NC(C)CO3)ccc1F. The van der Waals surface area contributed by atoms with Gasteiger partial charge in [0.15, 0.2) is 11.4 Å². The van der Waals surface area contributed by atoms with Gasteiger partial charge in [0.05, 0.1) is 6.04 Å². The fourth-order valence-corrected chi connectivity index (χ4v) is 4.07. The number of hydrogen-bond donors (Lipinski definition) is 2. The van der Waals surface area contributed by atoms with Crippen molar-refractivity contribution in [3.63, 3.8) is 0 Å². The summed E-state index contributed by atoms with van der Waals surface area (Å²) in [7, 11) is -2.22. The summed E-state index contributed by atoms with van der Waals surface area (Å²) in [6.07, 6.45) is 1.33. The fourth-order valence-electron chi connectivity index (χ4n) is 2.65. The molecule has 1 amide bonds. The van der Waals surface area contributed by atoms with Gasteiger partial charge in [-0.1, -0.05) is 0 Å². The van der Waals surface area contributed by atoms with Crippen LogP contribution in [0.2, 0.25) is 0 Å². The summed E-state index contributed by atoms with van der Waals surface area (Å²) in [5, 5.41) is 2.64. The zero-order valence-electron chi connectivity index (χ0n) is 14.0. The van der Waals surface area contributed by atoms with Crippen molar-refractivity contribution < 1.29 is 22.3 Å². The van der Waals surface area contributed by atoms with Crippen molar-refractivity contribution in [1.29, 1.82) is 0 Å². The quantitative estimate of drug-likeness (QED) is 0.847. The minimum absolute atomic E-state index is 0.00989. The number of halogens is 1. The largest absolute Gasteiger partial charge is 0.488 e. The summed E-state index contributed by atoms with van der Waals surface area (Å²) in [5.41, 5.74) is 0.874. The van der Waals surface area contributed by atoms with Gasteiger partial charge in [-0.05, 0) is 37.6 Å². The third-order valence-electron chi connectivity index (χ3n) is 3.86. The Labute approximate surface area is 144 Å². The Hall–Kier alpha value is -2.39. The number of nitrogens with zero attached hydrogens (tertiary/aromatic N) is 1. The third kappa shape index (κ3) is 3.24. The number of rotatable bonds is 2. The Kier molecular flexibility index (Phi) is 4.29. The van der Waals surface area contributed by atoms with Gasteiger partial charge in [0, 0.05) is 18.9 Å². The minimum atomic E-state index is -3.77. The van der Waals surface area contributed by atoms with Crippen LogP contribution in [0.4, 0.5) is 10.1 Å². The van der Waals surface area contributed by atoms with E-state index in [0.29, 0.717) is 11.3 Å². The standard InChI is InChI=1S/C16H18FN3O4S/c1-9-6-11(4-5-12(9)17)18-16(21)14-15-13(7-20(14)3)25(22,23)19-10(2)8-24-15/h4-7,10,19H,8H2,1-3H3,(H,18,21). The molecule has 0 fully saturated rings. The predicted octanol–water partition coefficient (Wildman–Crippen LogP) is 1.78. The van der Waals surface area contributed by atoms with Gasteiger partial charge in [-0.25, -0.2) is 17.5 Å². The Balaban J connectivity index is 1.99. The minimum Gasteiger partial charge on any atom is -0.488 e. The first-order chi connectivity index (χ1) is 11.7. The molecule has 1 aliphatic rings. The van der Waals surface area contributed by atoms with Crippen molar-refractivity contribution in [3.8, 4) is 5.75 Å². The third-order valence-corrected chi connectivity index (χ3v) is 5.44. The number of hydrogen-bond acceptors (Lipinski definition) is 4. The molecule has 1 aromatic carbocycles. The van der Waals surface area contributed by atoms with Crippen molar-refractivity contribution in [3.05, 3.63) is 41.5 Å². The second-order valence-electron chi connectivity index (χ2n) is 6.03. The van der Waals surface area contributed by atoms with Crippen LogP contribution in [0.1, 0.15) is 23.0 Å². The number of sulfonamides is 1. The molecule has 0 saturated heterocycles. The van der Waals surface area contributed by atoms with E-state index in [2.05, 4.69) is 10.0 Å². The first-order valence-corrected chi connectivity index (χ1v) is 9.09. The summed E-state index contributed by atoms with van der Waals surface area (Å²) in [5.74, 6) is -0.907. The average molecular weight is 367 g/mol. The number of aryl methyl sites for hydroxylation is 2. The van der Waals surface area contributed by atoms with Crippen LogP contribution in [-0.4, -0.2) is 31.5 Å². The summed E-state index contributed by atoms with van der Waals surface area (Å²) in [6, 6.07) is 3.76. The van der Waals surface area contributed by atoms with Crippen molar-refractivity contribution in [1.82, 2.24) is 9.29 Å². The number of carbonyl (C=O) groups excluding carboxylic acids is 1. The highest BCUT2D eigenvalue weighted by molar-refractivity contribution is 7.89. The van der Waals surface area contributed by atoms with Crippen molar-refractivity contribution >= 4 is 21.6 Å². The lowest BCUT2D eigenvalue weighted by Crippen LogP contribution is -2.34. The molecule has 1 aromatic heterocycles. The van der Waals surface area contributed by atoms with E-state index < -0.39 is 22.0 Å². The number of ether oxygens (including phenoxy) is 1. The van der Waals surface area contributed by atoms with Gasteiger partial charge in [-0.3, -0.25) is 4.79 Å². The molecule has 2 aromatic rings. The van der Waals surface area contributed by atoms with Crippen LogP contribution >= 0.6 is 0 Å². The summed E-state index contributed by atoms with van der Waals surface area (Å²) in [4.78, 5) is 12.6. The van der Waals surface area contributed by atoms with Crippen LogP contribution in [-0.2, 0) is 17.1 Å². The molecule has 1 atom stereocenters. The normalized spacial score (nSPS) is 18.8. The van der Waals surface area contributed by atoms with Gasteiger partial charge in [0.25, 0.3) is 5.91 Å². The number of benzene rings is 1. The van der Waals surface area contributed by atoms with E-state index in [9.17, 15) is 17.6 Å². The number of fused-ring (bicyclic) bond motifs is 1. The van der Waals surface area contributed by atoms with Crippen LogP contribution in [0.25, 0.3) is 0 Å². The van der Waals surface area contributed by atoms with E-state index in [1.165, 1.54) is 29.0 Å². The van der Waals surface area contributed by atoms with Crippen LogP contribution in [0.15, 0.2) is 29.3 Å². The molecule has 0 bridgehead atoms. The lowest BCUT2D eigenvalue weighted by atomic mass is 10.2. The van der Waals surface area contributed by atoms with Gasteiger partial charge < -0.3 is 14.6 Å². The molecule has 0 spiro atoms. The van der Waals surface area contributed by atoms with Gasteiger partial charge in [-0.2, -0.15) is 0 Å². The molecule has 25 heavy (non-hydrogen) atoms. The molecule has 3 rings (SSSR count). The molecule has 134 valence electrons. The van der Waals surface area contributed by atoms with Crippen LogP contribution in [0.5, 0.6) is 5.75 Å². The van der Waals surface area contributed by atoms with E-state index in [-0.39, 0.29) is 28.8 Å². The van der Waals surface area contributed by atoms with Crippen molar-refractivity contribution in [2.24, 2.45) is 7.05 Å². The molecule has 1 aliphatic heterocycles. The monoisotopic (exact) mass is 367 g/mol. The molecule has 0 aliphatic carbocycles. The Morgan fingerprint density at radius 3 is 2.84 bits per heavy atom. The predicted molar refractivity (Wildman–Crippen MR) is 89.8 cm³/mol. The highest BCUT2D eigenvalue weighted by Crippen LogP contribution is 2.32. The van der Waals surface area contributed by atoms with Crippen LogP contribution < -0.4 is 14.8 Å². The highest BCUT2D eigenvalue weighted by atomic mass is 32.2. The van der Waals surface area contributed by atoms with E-state index in [1.54, 1.807) is 20.9 Å². The maximum Gasteiger partial charge on any atom is 0.276 e. The second kappa shape index (κ2) is 6.16. The summed E-state index contributed by atoms with van der Waals surface area (Å²) in [6.45, 7) is 3.36. The molecule has 2 heterocycles. The number of anilines is 1. The fraction of sp³-hybridized carbons (Fsp3) is 0.312. The van der Waals surface area contributed by atoms with E-state index >= 15 is 0 Å². The second-order valence-corrected chi connectivity index (χ2v) is 7.72. The summed E-state index contributed by atoms with van der Waals surface area (Å²) < 4.78 is 47.5. The molecule has 1 unspecified atom stereocenters. The first-order valence-electron chi connectivity index (χ1n) is 7.61. The molecular formula is C16H18FN3O4S. The number of amides is 1.